The van der Waals surface area contributed by atoms with Crippen LogP contribution in [0.3, 0.4) is 0 Å². The molecule has 4 heterocycles. The third-order valence-corrected chi connectivity index (χ3v) is 9.49. The normalized spacial score (nSPS) is 11.6. The number of fused-ring (bicyclic) bond motifs is 6. The van der Waals surface area contributed by atoms with Crippen LogP contribution in [0.25, 0.3) is 89.2 Å². The molecule has 0 saturated heterocycles. The van der Waals surface area contributed by atoms with Crippen molar-refractivity contribution in [2.24, 2.45) is 0 Å². The van der Waals surface area contributed by atoms with Crippen LogP contribution >= 0.6 is 0 Å². The van der Waals surface area contributed by atoms with Gasteiger partial charge in [0.25, 0.3) is 0 Å². The molecule has 0 unspecified atom stereocenters. The van der Waals surface area contributed by atoms with E-state index in [-0.39, 0.29) is 0 Å². The van der Waals surface area contributed by atoms with Gasteiger partial charge in [-0.15, -0.1) is 0 Å². The van der Waals surface area contributed by atoms with Crippen molar-refractivity contribution < 1.29 is 0 Å². The molecule has 50 heavy (non-hydrogen) atoms. The molecule has 0 bridgehead atoms. The second-order valence-electron chi connectivity index (χ2n) is 12.3. The van der Waals surface area contributed by atoms with Crippen LogP contribution in [-0.2, 0) is 0 Å². The smallest absolute Gasteiger partial charge is 0.166 e. The summed E-state index contributed by atoms with van der Waals surface area (Å²) in [5, 5.41) is 4.80. The van der Waals surface area contributed by atoms with Crippen molar-refractivity contribution in [3.8, 4) is 45.5 Å². The maximum Gasteiger partial charge on any atom is 0.166 e. The van der Waals surface area contributed by atoms with Crippen LogP contribution in [-0.4, -0.2) is 29.1 Å². The van der Waals surface area contributed by atoms with Crippen molar-refractivity contribution in [3.05, 3.63) is 170 Å². The van der Waals surface area contributed by atoms with E-state index in [2.05, 4.69) is 148 Å². The molecule has 10 aromatic rings. The van der Waals surface area contributed by atoms with Gasteiger partial charge in [-0.05, 0) is 60.7 Å². The van der Waals surface area contributed by atoms with Crippen molar-refractivity contribution in [1.29, 1.82) is 0 Å². The van der Waals surface area contributed by atoms with Gasteiger partial charge in [0, 0.05) is 50.6 Å². The van der Waals surface area contributed by atoms with Gasteiger partial charge in [-0.25, -0.2) is 15.0 Å². The van der Waals surface area contributed by atoms with Crippen LogP contribution < -0.4 is 0 Å². The molecule has 0 aliphatic carbocycles. The van der Waals surface area contributed by atoms with E-state index in [1.54, 1.807) is 12.4 Å². The molecule has 6 aromatic carbocycles. The molecule has 0 amide bonds. The van der Waals surface area contributed by atoms with Crippen LogP contribution in [0.4, 0.5) is 0 Å². The Bertz CT molecular complexity index is 2600. The van der Waals surface area contributed by atoms with E-state index < -0.39 is 0 Å². The molecular formula is C44H28N6. The summed E-state index contributed by atoms with van der Waals surface area (Å²) in [6, 6.07) is 54.8. The first-order valence-corrected chi connectivity index (χ1v) is 16.7. The summed E-state index contributed by atoms with van der Waals surface area (Å²) in [4.78, 5) is 20.0. The van der Waals surface area contributed by atoms with Crippen LogP contribution in [0.15, 0.2) is 170 Å². The van der Waals surface area contributed by atoms with Gasteiger partial charge in [-0.2, -0.15) is 0 Å². The Kier molecular flexibility index (Phi) is 6.39. The van der Waals surface area contributed by atoms with E-state index in [9.17, 15) is 0 Å². The Morgan fingerprint density at radius 1 is 0.340 bits per heavy atom. The number of rotatable bonds is 5. The zero-order chi connectivity index (χ0) is 33.0. The van der Waals surface area contributed by atoms with Crippen molar-refractivity contribution in [2.45, 2.75) is 0 Å². The monoisotopic (exact) mass is 640 g/mol. The molecule has 0 aliphatic rings. The minimum Gasteiger partial charge on any atom is -0.309 e. The van der Waals surface area contributed by atoms with Crippen molar-refractivity contribution in [3.63, 3.8) is 0 Å². The van der Waals surface area contributed by atoms with Gasteiger partial charge < -0.3 is 9.13 Å². The minimum absolute atomic E-state index is 0.562. The predicted molar refractivity (Wildman–Crippen MR) is 203 cm³/mol. The fourth-order valence-electron chi connectivity index (χ4n) is 7.32. The second kappa shape index (κ2) is 11.4. The van der Waals surface area contributed by atoms with Gasteiger partial charge in [-0.1, -0.05) is 97.1 Å². The minimum atomic E-state index is 0.562. The van der Waals surface area contributed by atoms with E-state index >= 15 is 0 Å². The molecule has 0 spiro atoms. The molecule has 6 heteroatoms. The zero-order valence-corrected chi connectivity index (χ0v) is 26.8. The molecular weight excluding hydrogens is 613 g/mol. The Hall–Kier alpha value is -6.92. The topological polar surface area (TPSA) is 61.4 Å². The number of nitrogens with zero attached hydrogens (tertiary/aromatic N) is 6. The second-order valence-corrected chi connectivity index (χ2v) is 12.3. The fourth-order valence-corrected chi connectivity index (χ4v) is 7.32. The van der Waals surface area contributed by atoms with E-state index in [1.165, 1.54) is 21.5 Å². The number of pyridine rings is 1. The molecule has 0 aliphatic heterocycles. The van der Waals surface area contributed by atoms with Crippen molar-refractivity contribution in [2.75, 3.05) is 0 Å². The summed E-state index contributed by atoms with van der Waals surface area (Å²) < 4.78 is 4.64. The molecule has 0 N–H and O–H groups in total. The van der Waals surface area contributed by atoms with Crippen LogP contribution in [0, 0.1) is 0 Å². The van der Waals surface area contributed by atoms with Gasteiger partial charge in [-0.3, -0.25) is 4.98 Å². The fraction of sp³-hybridized carbons (Fsp3) is 0. The standard InChI is InChI=1S/C44H28N6/c1-7-21-36-30(15-1)31-16-2-8-22-37(31)49(36)40-25-11-5-19-34(40)43-46-42(29-14-13-27-45-28-29)47-44(48-43)35-20-6-12-26-41(35)50-38-23-9-3-17-32(38)33-18-4-10-24-39(33)50/h1-28H. The highest BCUT2D eigenvalue weighted by molar-refractivity contribution is 6.10. The highest BCUT2D eigenvalue weighted by Gasteiger charge is 2.21. The lowest BCUT2D eigenvalue weighted by Crippen LogP contribution is -2.05. The van der Waals surface area contributed by atoms with Gasteiger partial charge >= 0.3 is 0 Å². The Balaban J connectivity index is 1.25. The third-order valence-electron chi connectivity index (χ3n) is 9.49. The summed E-state index contributed by atoms with van der Waals surface area (Å²) in [7, 11) is 0. The number of hydrogen-bond donors (Lipinski definition) is 0. The molecule has 0 radical (unpaired) electrons. The molecule has 234 valence electrons. The summed E-state index contributed by atoms with van der Waals surface area (Å²) in [5.74, 6) is 1.74. The van der Waals surface area contributed by atoms with E-state index in [4.69, 9.17) is 15.0 Å². The average molecular weight is 641 g/mol. The van der Waals surface area contributed by atoms with Gasteiger partial charge in [0.2, 0.25) is 0 Å². The number of para-hydroxylation sites is 6. The SMILES string of the molecule is c1cncc(-c2nc(-c3ccccc3-n3c4ccccc4c4ccccc43)nc(-c3ccccc3-n3c4ccccc4c4ccccc43)n2)c1. The summed E-state index contributed by atoms with van der Waals surface area (Å²) >= 11 is 0. The number of benzene rings is 6. The van der Waals surface area contributed by atoms with E-state index in [1.807, 2.05) is 24.3 Å². The van der Waals surface area contributed by atoms with E-state index in [0.717, 1.165) is 50.1 Å². The molecule has 0 fully saturated rings. The zero-order valence-electron chi connectivity index (χ0n) is 26.8. The summed E-state index contributed by atoms with van der Waals surface area (Å²) in [6.07, 6.45) is 3.57. The number of hydrogen-bond acceptors (Lipinski definition) is 4. The Labute approximate surface area is 287 Å². The molecule has 4 aromatic heterocycles. The Morgan fingerprint density at radius 2 is 0.720 bits per heavy atom. The van der Waals surface area contributed by atoms with Crippen LogP contribution in [0.2, 0.25) is 0 Å². The van der Waals surface area contributed by atoms with Crippen molar-refractivity contribution in [1.82, 2.24) is 29.1 Å². The highest BCUT2D eigenvalue weighted by atomic mass is 15.1. The van der Waals surface area contributed by atoms with Gasteiger partial charge in [0.15, 0.2) is 17.5 Å². The molecule has 0 saturated carbocycles. The predicted octanol–water partition coefficient (Wildman–Crippen LogP) is 10.5. The lowest BCUT2D eigenvalue weighted by atomic mass is 10.1. The summed E-state index contributed by atoms with van der Waals surface area (Å²) in [6.45, 7) is 0. The largest absolute Gasteiger partial charge is 0.309 e. The maximum absolute atomic E-state index is 5.29. The molecule has 10 rings (SSSR count). The summed E-state index contributed by atoms with van der Waals surface area (Å²) in [5.41, 5.74) is 9.12. The van der Waals surface area contributed by atoms with Gasteiger partial charge in [0.05, 0.1) is 33.4 Å². The molecule has 0 atom stereocenters. The maximum atomic E-state index is 5.29. The van der Waals surface area contributed by atoms with Crippen LogP contribution in [0.5, 0.6) is 0 Å². The first-order chi connectivity index (χ1) is 24.8. The lowest BCUT2D eigenvalue weighted by molar-refractivity contribution is 1.05. The van der Waals surface area contributed by atoms with Gasteiger partial charge in [0.1, 0.15) is 0 Å². The first kappa shape index (κ1) is 28.1. The highest BCUT2D eigenvalue weighted by Crippen LogP contribution is 2.38. The molecule has 6 nitrogen and oxygen atoms in total. The van der Waals surface area contributed by atoms with Crippen LogP contribution in [0.1, 0.15) is 0 Å². The van der Waals surface area contributed by atoms with Crippen molar-refractivity contribution >= 4 is 43.6 Å². The Morgan fingerprint density at radius 3 is 1.14 bits per heavy atom. The number of aromatic nitrogens is 6. The lowest BCUT2D eigenvalue weighted by Gasteiger charge is -2.16. The van der Waals surface area contributed by atoms with E-state index in [0.29, 0.717) is 17.5 Å². The average Bonchev–Trinajstić information content (AvgIpc) is 3.71. The first-order valence-electron chi connectivity index (χ1n) is 16.7. The third kappa shape index (κ3) is 4.36. The quantitative estimate of drug-likeness (QED) is 0.188.